The van der Waals surface area contributed by atoms with Gasteiger partial charge in [0.1, 0.15) is 11.2 Å². The lowest BCUT2D eigenvalue weighted by atomic mass is 10.0. The highest BCUT2D eigenvalue weighted by molar-refractivity contribution is 5.88. The topological polar surface area (TPSA) is 95.5 Å². The Bertz CT molecular complexity index is 518. The lowest BCUT2D eigenvalue weighted by Gasteiger charge is -2.24. The zero-order valence-electron chi connectivity index (χ0n) is 11.8. The van der Waals surface area contributed by atoms with Gasteiger partial charge in [0.05, 0.1) is 11.9 Å². The van der Waals surface area contributed by atoms with Crippen LogP contribution < -0.4 is 0 Å². The lowest BCUT2D eigenvalue weighted by Crippen LogP contribution is -2.35. The quantitative estimate of drug-likeness (QED) is 0.862. The average molecular weight is 281 g/mol. The number of hydrogen-bond acceptors (Lipinski definition) is 4. The number of carbonyl (C=O) groups is 2. The SMILES string of the molecule is CC(C)(C)OC(=O)N1CCC(c2[nH]ncc2C(=O)O)C1. The normalized spacial score (nSPS) is 19.1. The fourth-order valence-corrected chi connectivity index (χ4v) is 2.27. The van der Waals surface area contributed by atoms with E-state index in [0.717, 1.165) is 0 Å². The molecule has 0 saturated carbocycles. The van der Waals surface area contributed by atoms with Gasteiger partial charge in [0.15, 0.2) is 0 Å². The molecule has 0 bridgehead atoms. The first-order valence-corrected chi connectivity index (χ1v) is 6.52. The van der Waals surface area contributed by atoms with Gasteiger partial charge >= 0.3 is 12.1 Å². The Kier molecular flexibility index (Phi) is 3.69. The van der Waals surface area contributed by atoms with Crippen LogP contribution in [0, 0.1) is 0 Å². The van der Waals surface area contributed by atoms with Crippen molar-refractivity contribution in [2.24, 2.45) is 0 Å². The smallest absolute Gasteiger partial charge is 0.410 e. The molecule has 1 saturated heterocycles. The summed E-state index contributed by atoms with van der Waals surface area (Å²) < 4.78 is 5.31. The number of rotatable bonds is 2. The summed E-state index contributed by atoms with van der Waals surface area (Å²) >= 11 is 0. The van der Waals surface area contributed by atoms with E-state index >= 15 is 0 Å². The number of likely N-dealkylation sites (tertiary alicyclic amines) is 1. The number of aromatic amines is 1. The van der Waals surface area contributed by atoms with Crippen LogP contribution >= 0.6 is 0 Å². The van der Waals surface area contributed by atoms with Gasteiger partial charge in [-0.2, -0.15) is 5.10 Å². The molecule has 1 aromatic heterocycles. The van der Waals surface area contributed by atoms with E-state index in [1.807, 2.05) is 20.8 Å². The highest BCUT2D eigenvalue weighted by atomic mass is 16.6. The molecule has 1 unspecified atom stereocenters. The van der Waals surface area contributed by atoms with Gasteiger partial charge in [0.2, 0.25) is 0 Å². The largest absolute Gasteiger partial charge is 0.478 e. The Hall–Kier alpha value is -2.05. The second-order valence-electron chi connectivity index (χ2n) is 5.91. The maximum Gasteiger partial charge on any atom is 0.410 e. The third-order valence-electron chi connectivity index (χ3n) is 3.15. The fourth-order valence-electron chi connectivity index (χ4n) is 2.27. The summed E-state index contributed by atoms with van der Waals surface area (Å²) in [5.41, 5.74) is 0.208. The van der Waals surface area contributed by atoms with Crippen LogP contribution in [0.3, 0.4) is 0 Å². The molecule has 2 rings (SSSR count). The zero-order chi connectivity index (χ0) is 14.9. The van der Waals surface area contributed by atoms with E-state index in [4.69, 9.17) is 9.84 Å². The number of carboxylic acids is 1. The minimum absolute atomic E-state index is 0.0453. The molecule has 1 aliphatic heterocycles. The van der Waals surface area contributed by atoms with E-state index < -0.39 is 11.6 Å². The van der Waals surface area contributed by atoms with Crippen LogP contribution in [0.1, 0.15) is 49.2 Å². The van der Waals surface area contributed by atoms with Gasteiger partial charge in [-0.15, -0.1) is 0 Å². The first-order chi connectivity index (χ1) is 9.28. The van der Waals surface area contributed by atoms with Gasteiger partial charge in [0.25, 0.3) is 0 Å². The number of nitrogens with one attached hydrogen (secondary N) is 1. The third kappa shape index (κ3) is 3.09. The van der Waals surface area contributed by atoms with Gasteiger partial charge in [-0.1, -0.05) is 0 Å². The van der Waals surface area contributed by atoms with Crippen LogP contribution in [-0.2, 0) is 4.74 Å². The molecule has 2 heterocycles. The van der Waals surface area contributed by atoms with Crippen molar-refractivity contribution in [3.05, 3.63) is 17.5 Å². The number of carbonyl (C=O) groups excluding carboxylic acids is 1. The number of amides is 1. The second kappa shape index (κ2) is 5.15. The number of H-pyrrole nitrogens is 1. The van der Waals surface area contributed by atoms with Crippen molar-refractivity contribution >= 4 is 12.1 Å². The standard InChI is InChI=1S/C13H19N3O4/c1-13(2,3)20-12(19)16-5-4-8(7-16)10-9(11(17)18)6-14-15-10/h6,8H,4-5,7H2,1-3H3,(H,14,15)(H,17,18). The molecular weight excluding hydrogens is 262 g/mol. The van der Waals surface area contributed by atoms with Gasteiger partial charge in [-0.25, -0.2) is 9.59 Å². The Morgan fingerprint density at radius 3 is 2.80 bits per heavy atom. The highest BCUT2D eigenvalue weighted by Crippen LogP contribution is 2.29. The Morgan fingerprint density at radius 1 is 1.50 bits per heavy atom. The molecule has 1 amide bonds. The van der Waals surface area contributed by atoms with Gasteiger partial charge in [-0.05, 0) is 27.2 Å². The van der Waals surface area contributed by atoms with E-state index in [1.165, 1.54) is 6.20 Å². The summed E-state index contributed by atoms with van der Waals surface area (Å²) in [5.74, 6) is -1.06. The second-order valence-corrected chi connectivity index (χ2v) is 5.91. The van der Waals surface area contributed by atoms with Crippen molar-refractivity contribution in [3.8, 4) is 0 Å². The molecule has 0 aliphatic carbocycles. The minimum Gasteiger partial charge on any atom is -0.478 e. The number of aromatic nitrogens is 2. The van der Waals surface area contributed by atoms with Crippen molar-refractivity contribution < 1.29 is 19.4 Å². The number of aromatic carboxylic acids is 1. The number of nitrogens with zero attached hydrogens (tertiary/aromatic N) is 2. The van der Waals surface area contributed by atoms with Crippen LogP contribution in [0.2, 0.25) is 0 Å². The number of ether oxygens (including phenoxy) is 1. The molecule has 1 atom stereocenters. The molecule has 110 valence electrons. The molecule has 1 aliphatic rings. The molecule has 0 spiro atoms. The van der Waals surface area contributed by atoms with Crippen LogP contribution in [-0.4, -0.2) is 51.0 Å². The van der Waals surface area contributed by atoms with E-state index in [0.29, 0.717) is 25.2 Å². The Balaban J connectivity index is 2.04. The van der Waals surface area contributed by atoms with E-state index in [2.05, 4.69) is 10.2 Å². The fraction of sp³-hybridized carbons (Fsp3) is 0.615. The predicted molar refractivity (Wildman–Crippen MR) is 70.7 cm³/mol. The van der Waals surface area contributed by atoms with Crippen molar-refractivity contribution in [1.82, 2.24) is 15.1 Å². The van der Waals surface area contributed by atoms with Crippen molar-refractivity contribution in [2.75, 3.05) is 13.1 Å². The zero-order valence-corrected chi connectivity index (χ0v) is 11.8. The Morgan fingerprint density at radius 2 is 2.20 bits per heavy atom. The summed E-state index contributed by atoms with van der Waals surface area (Å²) in [6.07, 6.45) is 1.63. The summed E-state index contributed by atoms with van der Waals surface area (Å²) in [4.78, 5) is 24.6. The van der Waals surface area contributed by atoms with Gasteiger partial charge < -0.3 is 14.7 Å². The van der Waals surface area contributed by atoms with Crippen molar-refractivity contribution in [1.29, 1.82) is 0 Å². The minimum atomic E-state index is -1.01. The highest BCUT2D eigenvalue weighted by Gasteiger charge is 2.33. The molecule has 7 nitrogen and oxygen atoms in total. The van der Waals surface area contributed by atoms with Crippen LogP contribution in [0.25, 0.3) is 0 Å². The average Bonchev–Trinajstić information content (AvgIpc) is 2.95. The monoisotopic (exact) mass is 281 g/mol. The van der Waals surface area contributed by atoms with Crippen molar-refractivity contribution in [3.63, 3.8) is 0 Å². The van der Waals surface area contributed by atoms with Crippen LogP contribution in [0.15, 0.2) is 6.20 Å². The van der Waals surface area contributed by atoms with Crippen LogP contribution in [0.5, 0.6) is 0 Å². The molecule has 7 heteroatoms. The predicted octanol–water partition coefficient (Wildman–Crippen LogP) is 1.83. The van der Waals surface area contributed by atoms with Gasteiger partial charge in [0, 0.05) is 19.0 Å². The maximum absolute atomic E-state index is 12.0. The summed E-state index contributed by atoms with van der Waals surface area (Å²) in [6, 6.07) is 0. The Labute approximate surface area is 116 Å². The molecule has 20 heavy (non-hydrogen) atoms. The molecule has 1 fully saturated rings. The maximum atomic E-state index is 12.0. The molecule has 0 radical (unpaired) electrons. The summed E-state index contributed by atoms with van der Waals surface area (Å²) in [6.45, 7) is 6.44. The van der Waals surface area contributed by atoms with Crippen molar-refractivity contribution in [2.45, 2.75) is 38.7 Å². The van der Waals surface area contributed by atoms with Gasteiger partial charge in [-0.3, -0.25) is 5.10 Å². The molecule has 2 N–H and O–H groups in total. The molecule has 0 aromatic carbocycles. The lowest BCUT2D eigenvalue weighted by molar-refractivity contribution is 0.0292. The van der Waals surface area contributed by atoms with E-state index in [9.17, 15) is 9.59 Å². The summed E-state index contributed by atoms with van der Waals surface area (Å²) in [7, 11) is 0. The number of hydrogen-bond donors (Lipinski definition) is 2. The molecular formula is C13H19N3O4. The summed E-state index contributed by atoms with van der Waals surface area (Å²) in [5, 5.41) is 15.6. The van der Waals surface area contributed by atoms with E-state index in [-0.39, 0.29) is 17.6 Å². The first-order valence-electron chi connectivity index (χ1n) is 6.52. The van der Waals surface area contributed by atoms with E-state index in [1.54, 1.807) is 4.90 Å². The van der Waals surface area contributed by atoms with Crippen LogP contribution in [0.4, 0.5) is 4.79 Å². The number of carboxylic acid groups (broad SMARTS) is 1. The third-order valence-corrected chi connectivity index (χ3v) is 3.15. The first kappa shape index (κ1) is 14.4. The molecule has 1 aromatic rings.